The van der Waals surface area contributed by atoms with E-state index in [-0.39, 0.29) is 11.8 Å². The van der Waals surface area contributed by atoms with Crippen LogP contribution < -0.4 is 20.1 Å². The van der Waals surface area contributed by atoms with Gasteiger partial charge in [0.2, 0.25) is 11.8 Å². The Morgan fingerprint density at radius 2 is 1.52 bits per heavy atom. The predicted octanol–water partition coefficient (Wildman–Crippen LogP) is 2.54. The van der Waals surface area contributed by atoms with Crippen LogP contribution in [0.5, 0.6) is 11.5 Å². The highest BCUT2D eigenvalue weighted by Crippen LogP contribution is 2.12. The van der Waals surface area contributed by atoms with Gasteiger partial charge in [0.25, 0.3) is 0 Å². The second kappa shape index (κ2) is 10.0. The van der Waals surface area contributed by atoms with E-state index < -0.39 is 6.04 Å². The Morgan fingerprint density at radius 1 is 0.963 bits per heavy atom. The number of carbonyl (C=O) groups excluding carboxylic acids is 2. The van der Waals surface area contributed by atoms with Crippen LogP contribution in [0.1, 0.15) is 18.1 Å². The molecule has 0 fully saturated rings. The lowest BCUT2D eigenvalue weighted by atomic mass is 10.2. The zero-order valence-electron chi connectivity index (χ0n) is 15.7. The fraction of sp³-hybridized carbons (Fsp3) is 0.238. The van der Waals surface area contributed by atoms with Gasteiger partial charge in [0, 0.05) is 12.6 Å². The molecule has 1 unspecified atom stereocenters. The normalized spacial score (nSPS) is 11.7. The van der Waals surface area contributed by atoms with E-state index in [0.29, 0.717) is 6.54 Å². The third-order valence-corrected chi connectivity index (χ3v) is 3.92. The van der Waals surface area contributed by atoms with Crippen molar-refractivity contribution in [2.24, 2.45) is 0 Å². The SMILES string of the molecule is COc1ccc(/C=C/C(=O)NC(C)C(=O)NCc2ccc(OC)cc2)cc1. The molecule has 1 atom stereocenters. The molecule has 2 rings (SSSR count). The molecule has 0 aliphatic carbocycles. The molecule has 2 aromatic carbocycles. The third-order valence-electron chi connectivity index (χ3n) is 3.92. The van der Waals surface area contributed by atoms with Crippen molar-refractivity contribution in [2.75, 3.05) is 14.2 Å². The Morgan fingerprint density at radius 3 is 2.07 bits per heavy atom. The summed E-state index contributed by atoms with van der Waals surface area (Å²) in [5.41, 5.74) is 1.81. The monoisotopic (exact) mass is 368 g/mol. The largest absolute Gasteiger partial charge is 0.497 e. The van der Waals surface area contributed by atoms with Gasteiger partial charge in [0.15, 0.2) is 0 Å². The van der Waals surface area contributed by atoms with E-state index in [9.17, 15) is 9.59 Å². The molecule has 0 saturated heterocycles. The van der Waals surface area contributed by atoms with Crippen LogP contribution in [-0.4, -0.2) is 32.1 Å². The molecule has 2 amide bonds. The van der Waals surface area contributed by atoms with Crippen LogP contribution in [0, 0.1) is 0 Å². The van der Waals surface area contributed by atoms with Crippen LogP contribution >= 0.6 is 0 Å². The smallest absolute Gasteiger partial charge is 0.244 e. The molecular weight excluding hydrogens is 344 g/mol. The second-order valence-corrected chi connectivity index (χ2v) is 5.90. The Hall–Kier alpha value is -3.28. The molecule has 0 bridgehead atoms. The summed E-state index contributed by atoms with van der Waals surface area (Å²) in [6.45, 7) is 2.02. The highest BCUT2D eigenvalue weighted by molar-refractivity contribution is 5.95. The summed E-state index contributed by atoms with van der Waals surface area (Å²) in [6.07, 6.45) is 3.08. The lowest BCUT2D eigenvalue weighted by Crippen LogP contribution is -2.44. The van der Waals surface area contributed by atoms with Gasteiger partial charge in [-0.3, -0.25) is 9.59 Å². The number of ether oxygens (including phenoxy) is 2. The zero-order valence-corrected chi connectivity index (χ0v) is 15.7. The highest BCUT2D eigenvalue weighted by Gasteiger charge is 2.13. The summed E-state index contributed by atoms with van der Waals surface area (Å²) >= 11 is 0. The molecule has 0 aromatic heterocycles. The molecule has 0 radical (unpaired) electrons. The van der Waals surface area contributed by atoms with Crippen molar-refractivity contribution in [2.45, 2.75) is 19.5 Å². The van der Waals surface area contributed by atoms with Gasteiger partial charge in [-0.15, -0.1) is 0 Å². The minimum Gasteiger partial charge on any atom is -0.497 e. The molecular formula is C21H24N2O4. The molecule has 6 heteroatoms. The Kier molecular flexibility index (Phi) is 7.43. The molecule has 142 valence electrons. The fourth-order valence-electron chi connectivity index (χ4n) is 2.30. The molecule has 0 aliphatic rings. The summed E-state index contributed by atoms with van der Waals surface area (Å²) in [5.74, 6) is 0.919. The van der Waals surface area contributed by atoms with Gasteiger partial charge in [-0.1, -0.05) is 24.3 Å². The maximum absolute atomic E-state index is 12.1. The van der Waals surface area contributed by atoms with Gasteiger partial charge in [-0.25, -0.2) is 0 Å². The number of nitrogens with one attached hydrogen (secondary N) is 2. The zero-order chi connectivity index (χ0) is 19.6. The van der Waals surface area contributed by atoms with Crippen molar-refractivity contribution >= 4 is 17.9 Å². The summed E-state index contributed by atoms with van der Waals surface area (Å²) in [5, 5.41) is 5.44. The van der Waals surface area contributed by atoms with E-state index >= 15 is 0 Å². The van der Waals surface area contributed by atoms with Crippen LogP contribution in [-0.2, 0) is 16.1 Å². The average molecular weight is 368 g/mol. The fourth-order valence-corrected chi connectivity index (χ4v) is 2.30. The van der Waals surface area contributed by atoms with Gasteiger partial charge in [0.05, 0.1) is 14.2 Å². The maximum atomic E-state index is 12.1. The minimum atomic E-state index is -0.642. The Bertz CT molecular complexity index is 783. The average Bonchev–Trinajstić information content (AvgIpc) is 2.71. The lowest BCUT2D eigenvalue weighted by Gasteiger charge is -2.13. The molecule has 0 aliphatic heterocycles. The number of carbonyl (C=O) groups is 2. The van der Waals surface area contributed by atoms with E-state index in [1.807, 2.05) is 48.5 Å². The summed E-state index contributed by atoms with van der Waals surface area (Å²) in [7, 11) is 3.20. The van der Waals surface area contributed by atoms with Gasteiger partial charge in [0.1, 0.15) is 17.5 Å². The number of hydrogen-bond acceptors (Lipinski definition) is 4. The number of methoxy groups -OCH3 is 2. The lowest BCUT2D eigenvalue weighted by molar-refractivity contribution is -0.126. The molecule has 2 N–H and O–H groups in total. The van der Waals surface area contributed by atoms with Crippen molar-refractivity contribution < 1.29 is 19.1 Å². The summed E-state index contributed by atoms with van der Waals surface area (Å²) in [4.78, 5) is 24.1. The quantitative estimate of drug-likeness (QED) is 0.702. The minimum absolute atomic E-state index is 0.253. The van der Waals surface area contributed by atoms with Gasteiger partial charge >= 0.3 is 0 Å². The van der Waals surface area contributed by atoms with Crippen LogP contribution in [0.2, 0.25) is 0 Å². The number of benzene rings is 2. The molecule has 2 aromatic rings. The molecule has 0 spiro atoms. The van der Waals surface area contributed by atoms with Crippen LogP contribution in [0.25, 0.3) is 6.08 Å². The summed E-state index contributed by atoms with van der Waals surface area (Å²) < 4.78 is 10.2. The van der Waals surface area contributed by atoms with Crippen molar-refractivity contribution in [3.63, 3.8) is 0 Å². The third kappa shape index (κ3) is 6.51. The van der Waals surface area contributed by atoms with E-state index in [0.717, 1.165) is 22.6 Å². The first-order valence-electron chi connectivity index (χ1n) is 8.55. The number of hydrogen-bond donors (Lipinski definition) is 2. The molecule has 0 heterocycles. The predicted molar refractivity (Wildman–Crippen MR) is 104 cm³/mol. The van der Waals surface area contributed by atoms with Crippen LogP contribution in [0.3, 0.4) is 0 Å². The van der Waals surface area contributed by atoms with E-state index in [1.54, 1.807) is 27.2 Å². The van der Waals surface area contributed by atoms with Crippen molar-refractivity contribution in [1.29, 1.82) is 0 Å². The van der Waals surface area contributed by atoms with Gasteiger partial charge in [-0.05, 0) is 48.4 Å². The van der Waals surface area contributed by atoms with Gasteiger partial charge in [-0.2, -0.15) is 0 Å². The summed E-state index contributed by atoms with van der Waals surface area (Å²) in [6, 6.07) is 14.1. The van der Waals surface area contributed by atoms with E-state index in [2.05, 4.69) is 10.6 Å². The second-order valence-electron chi connectivity index (χ2n) is 5.90. The first-order valence-corrected chi connectivity index (χ1v) is 8.55. The molecule has 0 saturated carbocycles. The first kappa shape index (κ1) is 20.0. The molecule has 27 heavy (non-hydrogen) atoms. The van der Waals surface area contributed by atoms with Crippen LogP contribution in [0.15, 0.2) is 54.6 Å². The van der Waals surface area contributed by atoms with Crippen molar-refractivity contribution in [3.05, 3.63) is 65.7 Å². The number of rotatable bonds is 8. The van der Waals surface area contributed by atoms with E-state index in [4.69, 9.17) is 9.47 Å². The van der Waals surface area contributed by atoms with Crippen molar-refractivity contribution in [3.8, 4) is 11.5 Å². The standard InChI is InChI=1S/C21H24N2O4/c1-15(21(25)22-14-17-6-11-19(27-3)12-7-17)23-20(24)13-8-16-4-9-18(26-2)10-5-16/h4-13,15H,14H2,1-3H3,(H,22,25)(H,23,24)/b13-8+. The highest BCUT2D eigenvalue weighted by atomic mass is 16.5. The van der Waals surface area contributed by atoms with Crippen molar-refractivity contribution in [1.82, 2.24) is 10.6 Å². The molecule has 6 nitrogen and oxygen atoms in total. The Labute approximate surface area is 159 Å². The maximum Gasteiger partial charge on any atom is 0.244 e. The first-order chi connectivity index (χ1) is 13.0. The Balaban J connectivity index is 1.79. The van der Waals surface area contributed by atoms with Gasteiger partial charge < -0.3 is 20.1 Å². The number of amides is 2. The topological polar surface area (TPSA) is 76.7 Å². The van der Waals surface area contributed by atoms with E-state index in [1.165, 1.54) is 6.08 Å². The van der Waals surface area contributed by atoms with Crippen LogP contribution in [0.4, 0.5) is 0 Å².